The van der Waals surface area contributed by atoms with Crippen LogP contribution in [0.4, 0.5) is 5.69 Å². The van der Waals surface area contributed by atoms with Crippen molar-refractivity contribution in [2.75, 3.05) is 11.9 Å². The molecule has 1 amide bonds. The van der Waals surface area contributed by atoms with E-state index in [4.69, 9.17) is 5.73 Å². The van der Waals surface area contributed by atoms with E-state index in [0.29, 0.717) is 12.2 Å². The summed E-state index contributed by atoms with van der Waals surface area (Å²) in [5.74, 6) is -0.0311. The molecule has 0 saturated heterocycles. The molecule has 92 valence electrons. The van der Waals surface area contributed by atoms with Crippen LogP contribution in [-0.2, 0) is 4.79 Å². The van der Waals surface area contributed by atoms with E-state index in [1.165, 1.54) is 0 Å². The van der Waals surface area contributed by atoms with Gasteiger partial charge in [-0.15, -0.1) is 12.4 Å². The molecule has 0 saturated carbocycles. The van der Waals surface area contributed by atoms with E-state index in [9.17, 15) is 4.79 Å². The lowest BCUT2D eigenvalue weighted by Crippen LogP contribution is -2.41. The molecule has 0 aliphatic heterocycles. The van der Waals surface area contributed by atoms with Gasteiger partial charge >= 0.3 is 0 Å². The third-order valence-electron chi connectivity index (χ3n) is 2.98. The molecule has 1 aromatic heterocycles. The number of amides is 1. The molecule has 0 aromatic carbocycles. The highest BCUT2D eigenvalue weighted by atomic mass is 35.5. The zero-order valence-corrected chi connectivity index (χ0v) is 10.4. The van der Waals surface area contributed by atoms with Gasteiger partial charge in [-0.25, -0.2) is 0 Å². The highest BCUT2D eigenvalue weighted by molar-refractivity contribution is 5.95. The standard InChI is InChI=1S/C10H18N4O.ClH/c1-3-10(4-2,7-11)9(15)14-8-5-12-13-6-8;/h5-6H,3-4,7,11H2,1-2H3,(H,12,13)(H,14,15);1H. The van der Waals surface area contributed by atoms with Crippen molar-refractivity contribution in [1.82, 2.24) is 10.2 Å². The number of hydrogen-bond donors (Lipinski definition) is 3. The van der Waals surface area contributed by atoms with Crippen LogP contribution in [-0.4, -0.2) is 22.6 Å². The van der Waals surface area contributed by atoms with Crippen molar-refractivity contribution in [3.63, 3.8) is 0 Å². The van der Waals surface area contributed by atoms with E-state index in [-0.39, 0.29) is 18.3 Å². The Morgan fingerprint density at radius 3 is 2.56 bits per heavy atom. The molecule has 0 fully saturated rings. The number of halogens is 1. The number of nitrogens with zero attached hydrogens (tertiary/aromatic N) is 1. The van der Waals surface area contributed by atoms with Crippen molar-refractivity contribution in [2.24, 2.45) is 11.1 Å². The van der Waals surface area contributed by atoms with Crippen molar-refractivity contribution in [3.8, 4) is 0 Å². The lowest BCUT2D eigenvalue weighted by molar-refractivity contribution is -0.125. The Morgan fingerprint density at radius 2 is 2.19 bits per heavy atom. The van der Waals surface area contributed by atoms with Gasteiger partial charge in [-0.1, -0.05) is 13.8 Å². The monoisotopic (exact) mass is 246 g/mol. The van der Waals surface area contributed by atoms with Gasteiger partial charge in [0, 0.05) is 12.7 Å². The second-order valence-corrected chi connectivity index (χ2v) is 3.63. The summed E-state index contributed by atoms with van der Waals surface area (Å²) in [5, 5.41) is 9.21. The minimum atomic E-state index is -0.461. The molecule has 0 unspecified atom stereocenters. The maximum Gasteiger partial charge on any atom is 0.231 e. The van der Waals surface area contributed by atoms with Crippen molar-refractivity contribution in [3.05, 3.63) is 12.4 Å². The van der Waals surface area contributed by atoms with Gasteiger partial charge < -0.3 is 11.1 Å². The first-order chi connectivity index (χ1) is 7.18. The third kappa shape index (κ3) is 2.96. The van der Waals surface area contributed by atoms with E-state index in [1.54, 1.807) is 12.4 Å². The molecule has 0 spiro atoms. The van der Waals surface area contributed by atoms with Gasteiger partial charge in [0.15, 0.2) is 0 Å². The molecule has 0 bridgehead atoms. The summed E-state index contributed by atoms with van der Waals surface area (Å²) in [4.78, 5) is 12.0. The number of aromatic amines is 1. The van der Waals surface area contributed by atoms with Gasteiger partial charge in [0.2, 0.25) is 5.91 Å². The smallest absolute Gasteiger partial charge is 0.231 e. The third-order valence-corrected chi connectivity index (χ3v) is 2.98. The first-order valence-electron chi connectivity index (χ1n) is 5.19. The van der Waals surface area contributed by atoms with Crippen molar-refractivity contribution < 1.29 is 4.79 Å². The Morgan fingerprint density at radius 1 is 1.56 bits per heavy atom. The second kappa shape index (κ2) is 6.50. The number of hydrogen-bond acceptors (Lipinski definition) is 3. The molecule has 1 rings (SSSR count). The molecule has 5 nitrogen and oxygen atoms in total. The van der Waals surface area contributed by atoms with Gasteiger partial charge in [0.05, 0.1) is 17.3 Å². The Balaban J connectivity index is 0.00000225. The van der Waals surface area contributed by atoms with Gasteiger partial charge in [-0.3, -0.25) is 9.89 Å². The zero-order chi connectivity index (χ0) is 11.3. The summed E-state index contributed by atoms with van der Waals surface area (Å²) in [7, 11) is 0. The Hall–Kier alpha value is -1.07. The highest BCUT2D eigenvalue weighted by Crippen LogP contribution is 2.26. The molecular weight excluding hydrogens is 228 g/mol. The Bertz CT molecular complexity index is 300. The van der Waals surface area contributed by atoms with Gasteiger partial charge in [-0.05, 0) is 12.8 Å². The van der Waals surface area contributed by atoms with Crippen molar-refractivity contribution in [1.29, 1.82) is 0 Å². The highest BCUT2D eigenvalue weighted by Gasteiger charge is 2.33. The predicted molar refractivity (Wildman–Crippen MR) is 66.5 cm³/mol. The number of H-pyrrole nitrogens is 1. The van der Waals surface area contributed by atoms with Crippen LogP contribution in [0.25, 0.3) is 0 Å². The lowest BCUT2D eigenvalue weighted by atomic mass is 9.81. The first kappa shape index (κ1) is 14.9. The van der Waals surface area contributed by atoms with Crippen LogP contribution in [0.2, 0.25) is 0 Å². The molecule has 1 aromatic rings. The molecular formula is C10H19ClN4O. The van der Waals surface area contributed by atoms with Gasteiger partial charge in [-0.2, -0.15) is 5.10 Å². The van der Waals surface area contributed by atoms with Crippen molar-refractivity contribution >= 4 is 24.0 Å². The predicted octanol–water partition coefficient (Wildman–Crippen LogP) is 1.54. The van der Waals surface area contributed by atoms with E-state index >= 15 is 0 Å². The largest absolute Gasteiger partial charge is 0.329 e. The normalized spacial score (nSPS) is 10.7. The van der Waals surface area contributed by atoms with E-state index in [0.717, 1.165) is 12.8 Å². The zero-order valence-electron chi connectivity index (χ0n) is 9.62. The minimum Gasteiger partial charge on any atom is -0.329 e. The summed E-state index contributed by atoms with van der Waals surface area (Å²) >= 11 is 0. The second-order valence-electron chi connectivity index (χ2n) is 3.63. The van der Waals surface area contributed by atoms with E-state index < -0.39 is 5.41 Å². The molecule has 0 atom stereocenters. The first-order valence-corrected chi connectivity index (χ1v) is 5.19. The van der Waals surface area contributed by atoms with Gasteiger partial charge in [0.1, 0.15) is 0 Å². The van der Waals surface area contributed by atoms with Gasteiger partial charge in [0.25, 0.3) is 0 Å². The lowest BCUT2D eigenvalue weighted by Gasteiger charge is -2.28. The molecule has 1 heterocycles. The summed E-state index contributed by atoms with van der Waals surface area (Å²) in [5.41, 5.74) is 5.89. The minimum absolute atomic E-state index is 0. The number of nitrogens with two attached hydrogens (primary N) is 1. The fourth-order valence-electron chi connectivity index (χ4n) is 1.54. The maximum absolute atomic E-state index is 12.0. The fourth-order valence-corrected chi connectivity index (χ4v) is 1.54. The van der Waals surface area contributed by atoms with E-state index in [2.05, 4.69) is 15.5 Å². The van der Waals surface area contributed by atoms with Crippen LogP contribution in [0, 0.1) is 5.41 Å². The van der Waals surface area contributed by atoms with Crippen LogP contribution in [0.5, 0.6) is 0 Å². The average Bonchev–Trinajstić information content (AvgIpc) is 2.74. The van der Waals surface area contributed by atoms with Crippen LogP contribution < -0.4 is 11.1 Å². The topological polar surface area (TPSA) is 83.8 Å². The van der Waals surface area contributed by atoms with E-state index in [1.807, 2.05) is 13.8 Å². The number of carbonyl (C=O) groups excluding carboxylic acids is 1. The SMILES string of the molecule is CCC(CC)(CN)C(=O)Nc1cn[nH]c1.Cl. The molecule has 6 heteroatoms. The Kier molecular flexibility index (Phi) is 6.06. The molecule has 0 aliphatic carbocycles. The maximum atomic E-state index is 12.0. The summed E-state index contributed by atoms with van der Waals surface area (Å²) in [6.45, 7) is 4.32. The molecule has 4 N–H and O–H groups in total. The number of carbonyl (C=O) groups is 1. The van der Waals surface area contributed by atoms with Crippen LogP contribution >= 0.6 is 12.4 Å². The molecule has 0 aliphatic rings. The number of nitrogens with one attached hydrogen (secondary N) is 2. The van der Waals surface area contributed by atoms with Crippen LogP contribution in [0.1, 0.15) is 26.7 Å². The molecule has 16 heavy (non-hydrogen) atoms. The van der Waals surface area contributed by atoms with Crippen LogP contribution in [0.15, 0.2) is 12.4 Å². The number of aromatic nitrogens is 2. The van der Waals surface area contributed by atoms with Crippen LogP contribution in [0.3, 0.4) is 0 Å². The van der Waals surface area contributed by atoms with Crippen molar-refractivity contribution in [2.45, 2.75) is 26.7 Å². The summed E-state index contributed by atoms with van der Waals surface area (Å²) < 4.78 is 0. The quantitative estimate of drug-likeness (QED) is 0.737. The number of anilines is 1. The Labute approximate surface area is 102 Å². The summed E-state index contributed by atoms with van der Waals surface area (Å²) in [6, 6.07) is 0. The molecule has 0 radical (unpaired) electrons. The fraction of sp³-hybridized carbons (Fsp3) is 0.600. The summed E-state index contributed by atoms with van der Waals surface area (Å²) in [6.07, 6.45) is 4.70. The number of rotatable bonds is 5. The average molecular weight is 247 g/mol.